The molecule has 0 saturated carbocycles. The first kappa shape index (κ1) is 26.8. The van der Waals surface area contributed by atoms with Crippen LogP contribution in [0.4, 0.5) is 11.4 Å². The van der Waals surface area contributed by atoms with Gasteiger partial charge in [-0.2, -0.15) is 5.26 Å². The lowest BCUT2D eigenvalue weighted by atomic mass is 9.80. The second kappa shape index (κ2) is 10.4. The Morgan fingerprint density at radius 3 is 2.67 bits per heavy atom. The van der Waals surface area contributed by atoms with Gasteiger partial charge >= 0.3 is 11.8 Å². The molecule has 40 heavy (non-hydrogen) atoms. The van der Waals surface area contributed by atoms with Crippen LogP contribution in [-0.2, 0) is 24.6 Å². The molecule has 2 aliphatic rings. The van der Waals surface area contributed by atoms with Gasteiger partial charge in [-0.3, -0.25) is 24.2 Å². The minimum Gasteiger partial charge on any atom is -0.325 e. The maximum absolute atomic E-state index is 14.0. The van der Waals surface area contributed by atoms with Gasteiger partial charge in [0.1, 0.15) is 12.1 Å². The number of nitrogens with one attached hydrogen (secondary N) is 2. The molecule has 3 aromatic rings. The van der Waals surface area contributed by atoms with E-state index in [0.29, 0.717) is 11.4 Å². The van der Waals surface area contributed by atoms with Gasteiger partial charge in [0.15, 0.2) is 0 Å². The van der Waals surface area contributed by atoms with Crippen LogP contribution in [0.3, 0.4) is 0 Å². The van der Waals surface area contributed by atoms with Crippen molar-refractivity contribution in [1.29, 1.82) is 5.26 Å². The van der Waals surface area contributed by atoms with Gasteiger partial charge in [-0.05, 0) is 36.1 Å². The normalized spacial score (nSPS) is 20.2. The van der Waals surface area contributed by atoms with Crippen molar-refractivity contribution in [1.82, 2.24) is 14.8 Å². The average Bonchev–Trinajstić information content (AvgIpc) is 3.48. The van der Waals surface area contributed by atoms with E-state index in [-0.39, 0.29) is 31.2 Å². The Morgan fingerprint density at radius 2 is 1.93 bits per heavy atom. The van der Waals surface area contributed by atoms with Crippen molar-refractivity contribution in [2.75, 3.05) is 24.2 Å². The molecule has 1 saturated heterocycles. The Bertz CT molecular complexity index is 1560. The Kier molecular flexibility index (Phi) is 6.98. The topological polar surface area (TPSA) is 136 Å². The SMILES string of the molecule is CC(C)C[C@@H](C(=O)N1C[C@]2(C[C@H]1C#N)C(=O)Nc1ccccc12)N(C)C(=O)C(=O)Nc1cnc2ccccc2c1. The Morgan fingerprint density at radius 1 is 1.20 bits per heavy atom. The summed E-state index contributed by atoms with van der Waals surface area (Å²) in [6, 6.07) is 16.7. The molecule has 3 heterocycles. The minimum absolute atomic E-state index is 0.00422. The first-order chi connectivity index (χ1) is 19.1. The van der Waals surface area contributed by atoms with E-state index < -0.39 is 35.2 Å². The van der Waals surface area contributed by atoms with E-state index in [1.165, 1.54) is 18.1 Å². The fourth-order valence-corrected chi connectivity index (χ4v) is 5.67. The number of carbonyl (C=O) groups excluding carboxylic acids is 4. The number of rotatable bonds is 5. The van der Waals surface area contributed by atoms with Gasteiger partial charge in [-0.15, -0.1) is 0 Å². The Balaban J connectivity index is 1.37. The number of nitrogens with zero attached hydrogens (tertiary/aromatic N) is 4. The van der Waals surface area contributed by atoms with Crippen molar-refractivity contribution in [3.8, 4) is 6.07 Å². The van der Waals surface area contributed by atoms with Crippen molar-refractivity contribution in [2.24, 2.45) is 5.92 Å². The molecule has 2 aromatic carbocycles. The van der Waals surface area contributed by atoms with E-state index in [1.807, 2.05) is 56.3 Å². The van der Waals surface area contributed by atoms with Crippen molar-refractivity contribution in [2.45, 2.75) is 44.2 Å². The largest absolute Gasteiger partial charge is 0.325 e. The summed E-state index contributed by atoms with van der Waals surface area (Å²) in [6.07, 6.45) is 1.89. The molecular weight excluding hydrogens is 508 g/mol. The third kappa shape index (κ3) is 4.64. The second-order valence-corrected chi connectivity index (χ2v) is 10.8. The summed E-state index contributed by atoms with van der Waals surface area (Å²) < 4.78 is 0. The molecule has 10 heteroatoms. The predicted molar refractivity (Wildman–Crippen MR) is 149 cm³/mol. The first-order valence-electron chi connectivity index (χ1n) is 13.2. The van der Waals surface area contributed by atoms with Crippen LogP contribution in [0.1, 0.15) is 32.3 Å². The molecule has 0 aliphatic carbocycles. The van der Waals surface area contributed by atoms with E-state index in [4.69, 9.17) is 0 Å². The van der Waals surface area contributed by atoms with Gasteiger partial charge < -0.3 is 20.4 Å². The number of aromatic nitrogens is 1. The molecule has 204 valence electrons. The number of anilines is 2. The summed E-state index contributed by atoms with van der Waals surface area (Å²) in [7, 11) is 1.41. The minimum atomic E-state index is -1.04. The summed E-state index contributed by atoms with van der Waals surface area (Å²) in [5, 5.41) is 16.2. The molecule has 0 unspecified atom stereocenters. The lowest BCUT2D eigenvalue weighted by molar-refractivity contribution is -0.149. The number of amides is 4. The van der Waals surface area contributed by atoms with Crippen LogP contribution in [0.15, 0.2) is 60.8 Å². The maximum Gasteiger partial charge on any atom is 0.313 e. The van der Waals surface area contributed by atoms with Crippen molar-refractivity contribution >= 4 is 45.9 Å². The van der Waals surface area contributed by atoms with Crippen LogP contribution in [0.25, 0.3) is 10.9 Å². The molecular formula is C30H30N6O4. The summed E-state index contributed by atoms with van der Waals surface area (Å²) in [6.45, 7) is 3.83. The molecule has 2 N–H and O–H groups in total. The fraction of sp³-hybridized carbons (Fsp3) is 0.333. The molecule has 5 rings (SSSR count). The van der Waals surface area contributed by atoms with Gasteiger partial charge in [0.05, 0.1) is 28.9 Å². The number of carbonyl (C=O) groups is 4. The molecule has 4 amide bonds. The van der Waals surface area contributed by atoms with Gasteiger partial charge in [-0.25, -0.2) is 0 Å². The van der Waals surface area contributed by atoms with E-state index in [2.05, 4.69) is 21.7 Å². The van der Waals surface area contributed by atoms with E-state index in [1.54, 1.807) is 12.1 Å². The quantitative estimate of drug-likeness (QED) is 0.480. The number of likely N-dealkylation sites (N-methyl/N-ethyl adjacent to an activating group) is 1. The van der Waals surface area contributed by atoms with Crippen LogP contribution in [-0.4, -0.2) is 64.1 Å². The highest BCUT2D eigenvalue weighted by molar-refractivity contribution is 6.39. The summed E-state index contributed by atoms with van der Waals surface area (Å²) in [5.74, 6) is -2.51. The number of likely N-dealkylation sites (tertiary alicyclic amines) is 1. The van der Waals surface area contributed by atoms with E-state index in [9.17, 15) is 24.4 Å². The lowest BCUT2D eigenvalue weighted by Crippen LogP contribution is -2.53. The zero-order valence-corrected chi connectivity index (χ0v) is 22.5. The summed E-state index contributed by atoms with van der Waals surface area (Å²) in [4.78, 5) is 60.2. The number of fused-ring (bicyclic) bond motifs is 3. The molecule has 0 radical (unpaired) electrons. The molecule has 1 spiro atoms. The number of hydrogen-bond donors (Lipinski definition) is 2. The number of nitriles is 1. The molecule has 1 aromatic heterocycles. The van der Waals surface area contributed by atoms with Gasteiger partial charge in [0.25, 0.3) is 0 Å². The third-order valence-electron chi connectivity index (χ3n) is 7.73. The van der Waals surface area contributed by atoms with Crippen molar-refractivity contribution < 1.29 is 19.2 Å². The van der Waals surface area contributed by atoms with Crippen molar-refractivity contribution in [3.63, 3.8) is 0 Å². The highest BCUT2D eigenvalue weighted by Gasteiger charge is 2.56. The predicted octanol–water partition coefficient (Wildman–Crippen LogP) is 3.06. The van der Waals surface area contributed by atoms with Gasteiger partial charge in [0, 0.05) is 31.1 Å². The molecule has 2 aliphatic heterocycles. The Hall–Kier alpha value is -4.78. The van der Waals surface area contributed by atoms with Crippen LogP contribution in [0, 0.1) is 17.2 Å². The lowest BCUT2D eigenvalue weighted by Gasteiger charge is -2.33. The monoisotopic (exact) mass is 538 g/mol. The fourth-order valence-electron chi connectivity index (χ4n) is 5.67. The molecule has 10 nitrogen and oxygen atoms in total. The third-order valence-corrected chi connectivity index (χ3v) is 7.73. The zero-order valence-electron chi connectivity index (χ0n) is 22.5. The molecule has 1 fully saturated rings. The maximum atomic E-state index is 14.0. The molecule has 3 atom stereocenters. The number of para-hydroxylation sites is 2. The summed E-state index contributed by atoms with van der Waals surface area (Å²) in [5.41, 5.74) is 1.49. The second-order valence-electron chi connectivity index (χ2n) is 10.8. The number of benzene rings is 2. The van der Waals surface area contributed by atoms with E-state index in [0.717, 1.165) is 21.4 Å². The Labute approximate surface area is 232 Å². The van der Waals surface area contributed by atoms with E-state index >= 15 is 0 Å². The van der Waals surface area contributed by atoms with Crippen LogP contribution >= 0.6 is 0 Å². The highest BCUT2D eigenvalue weighted by Crippen LogP contribution is 2.46. The van der Waals surface area contributed by atoms with Crippen LogP contribution in [0.5, 0.6) is 0 Å². The average molecular weight is 539 g/mol. The highest BCUT2D eigenvalue weighted by atomic mass is 16.2. The first-order valence-corrected chi connectivity index (χ1v) is 13.2. The number of hydrogen-bond acceptors (Lipinski definition) is 6. The van der Waals surface area contributed by atoms with Crippen LogP contribution in [0.2, 0.25) is 0 Å². The summed E-state index contributed by atoms with van der Waals surface area (Å²) >= 11 is 0. The van der Waals surface area contributed by atoms with Crippen LogP contribution < -0.4 is 10.6 Å². The smallest absolute Gasteiger partial charge is 0.313 e. The molecule has 0 bridgehead atoms. The standard InChI is InChI=1S/C30H30N6O4/c1-18(2)12-25(35(3)28(39)26(37)33-20-13-19-8-4-6-10-23(19)32-16-20)27(38)36-17-30(14-21(36)15-31)22-9-5-7-11-24(22)34-29(30)40/h4-11,13,16,18,21,25H,12,14,17H2,1-3H3,(H,33,37)(H,34,40)/t21-,25-,30-/m0/s1. The number of pyridine rings is 1. The zero-order chi connectivity index (χ0) is 28.6. The van der Waals surface area contributed by atoms with Gasteiger partial charge in [0.2, 0.25) is 11.8 Å². The van der Waals surface area contributed by atoms with Gasteiger partial charge in [-0.1, -0.05) is 50.2 Å². The van der Waals surface area contributed by atoms with Crippen molar-refractivity contribution in [3.05, 3.63) is 66.4 Å².